The molecule has 1 N–H and O–H groups in total. The molecule has 1 aromatic carbocycles. The summed E-state index contributed by atoms with van der Waals surface area (Å²) >= 11 is 0. The molecule has 114 valence electrons. The first-order chi connectivity index (χ1) is 10.8. The number of carbonyl (C=O) groups is 1. The van der Waals surface area contributed by atoms with Crippen LogP contribution in [0, 0.1) is 0 Å². The van der Waals surface area contributed by atoms with Gasteiger partial charge in [0.25, 0.3) is 0 Å². The van der Waals surface area contributed by atoms with Crippen molar-refractivity contribution in [2.75, 3.05) is 26.2 Å². The number of carbonyl (C=O) groups excluding carboxylic acids is 1. The first-order valence-corrected chi connectivity index (χ1v) is 7.25. The largest absolute Gasteiger partial charge is 0.508 e. The minimum absolute atomic E-state index is 0.290. The van der Waals surface area contributed by atoms with Crippen LogP contribution >= 0.6 is 0 Å². The molecule has 0 saturated carbocycles. The molecule has 1 aliphatic rings. The molecule has 1 fully saturated rings. The maximum atomic E-state index is 10.7. The number of amides is 1. The number of aromatic nitrogens is 2. The number of aromatic hydroxyl groups is 1. The summed E-state index contributed by atoms with van der Waals surface area (Å²) < 4.78 is 0. The van der Waals surface area contributed by atoms with E-state index in [0.717, 1.165) is 49.3 Å². The molecule has 0 atom stereocenters. The van der Waals surface area contributed by atoms with Gasteiger partial charge in [-0.15, -0.1) is 0 Å². The summed E-state index contributed by atoms with van der Waals surface area (Å²) in [6.07, 6.45) is 5.90. The van der Waals surface area contributed by atoms with Gasteiger partial charge in [-0.3, -0.25) is 9.69 Å². The normalized spacial score (nSPS) is 15.7. The maximum Gasteiger partial charge on any atom is 0.209 e. The van der Waals surface area contributed by atoms with Crippen LogP contribution in [0.4, 0.5) is 0 Å². The topological polar surface area (TPSA) is 69.6 Å². The average molecular weight is 298 g/mol. The minimum atomic E-state index is 0.290. The molecule has 1 aliphatic heterocycles. The fourth-order valence-electron chi connectivity index (χ4n) is 2.61. The van der Waals surface area contributed by atoms with E-state index < -0.39 is 0 Å². The maximum absolute atomic E-state index is 10.7. The summed E-state index contributed by atoms with van der Waals surface area (Å²) in [7, 11) is 0. The van der Waals surface area contributed by atoms with E-state index in [1.807, 2.05) is 12.1 Å². The molecule has 0 radical (unpaired) electrons. The predicted molar refractivity (Wildman–Crippen MR) is 82.0 cm³/mol. The van der Waals surface area contributed by atoms with E-state index in [1.54, 1.807) is 23.4 Å². The summed E-state index contributed by atoms with van der Waals surface area (Å²) in [5, 5.41) is 10.1. The van der Waals surface area contributed by atoms with E-state index in [0.29, 0.717) is 12.3 Å². The van der Waals surface area contributed by atoms with Crippen LogP contribution in [0.1, 0.15) is 5.56 Å². The van der Waals surface area contributed by atoms with Gasteiger partial charge in [0, 0.05) is 56.2 Å². The first-order valence-electron chi connectivity index (χ1n) is 7.25. The Morgan fingerprint density at radius 2 is 1.82 bits per heavy atom. The third-order valence-electron chi connectivity index (χ3n) is 3.92. The van der Waals surface area contributed by atoms with E-state index in [1.165, 1.54) is 6.33 Å². The van der Waals surface area contributed by atoms with Crippen molar-refractivity contribution in [3.05, 3.63) is 42.5 Å². The monoisotopic (exact) mass is 298 g/mol. The quantitative estimate of drug-likeness (QED) is 0.857. The Hall–Kier alpha value is -2.47. The molecule has 2 heterocycles. The summed E-state index contributed by atoms with van der Waals surface area (Å²) in [5.74, 6) is 0.290. The van der Waals surface area contributed by atoms with Gasteiger partial charge < -0.3 is 10.0 Å². The summed E-state index contributed by atoms with van der Waals surface area (Å²) in [4.78, 5) is 22.8. The number of nitrogens with zero attached hydrogens (tertiary/aromatic N) is 4. The molecule has 6 nitrogen and oxygen atoms in total. The van der Waals surface area contributed by atoms with Gasteiger partial charge in [-0.25, -0.2) is 9.97 Å². The Morgan fingerprint density at radius 1 is 1.09 bits per heavy atom. The van der Waals surface area contributed by atoms with Crippen LogP contribution in [0.25, 0.3) is 11.1 Å². The Morgan fingerprint density at radius 3 is 2.50 bits per heavy atom. The van der Waals surface area contributed by atoms with Gasteiger partial charge in [0.1, 0.15) is 12.1 Å². The van der Waals surface area contributed by atoms with Crippen molar-refractivity contribution in [1.29, 1.82) is 0 Å². The molecule has 22 heavy (non-hydrogen) atoms. The van der Waals surface area contributed by atoms with Gasteiger partial charge in [0.2, 0.25) is 6.41 Å². The molecular weight excluding hydrogens is 280 g/mol. The second kappa shape index (κ2) is 6.53. The average Bonchev–Trinajstić information content (AvgIpc) is 2.58. The molecule has 0 bridgehead atoms. The molecule has 6 heteroatoms. The zero-order valence-corrected chi connectivity index (χ0v) is 12.2. The molecule has 1 aromatic heterocycles. The third-order valence-corrected chi connectivity index (χ3v) is 3.92. The molecule has 3 rings (SSSR count). The molecule has 0 spiro atoms. The van der Waals surface area contributed by atoms with Crippen LogP contribution in [0.5, 0.6) is 5.75 Å². The number of phenols is 1. The van der Waals surface area contributed by atoms with Gasteiger partial charge in [-0.2, -0.15) is 0 Å². The lowest BCUT2D eigenvalue weighted by Crippen LogP contribution is -2.45. The highest BCUT2D eigenvalue weighted by Crippen LogP contribution is 2.26. The Kier molecular flexibility index (Phi) is 4.29. The number of hydrogen-bond donors (Lipinski definition) is 1. The van der Waals surface area contributed by atoms with Crippen LogP contribution in [-0.2, 0) is 11.3 Å². The van der Waals surface area contributed by atoms with Crippen molar-refractivity contribution in [2.45, 2.75) is 6.54 Å². The zero-order chi connectivity index (χ0) is 15.4. The first kappa shape index (κ1) is 14.5. The van der Waals surface area contributed by atoms with Gasteiger partial charge in [0.15, 0.2) is 0 Å². The van der Waals surface area contributed by atoms with Crippen LogP contribution in [0.15, 0.2) is 36.9 Å². The van der Waals surface area contributed by atoms with Crippen LogP contribution in [0.3, 0.4) is 0 Å². The van der Waals surface area contributed by atoms with Crippen molar-refractivity contribution >= 4 is 6.41 Å². The lowest BCUT2D eigenvalue weighted by atomic mass is 10.0. The highest BCUT2D eigenvalue weighted by Gasteiger charge is 2.17. The number of rotatable bonds is 4. The van der Waals surface area contributed by atoms with E-state index in [2.05, 4.69) is 14.9 Å². The number of hydrogen-bond acceptors (Lipinski definition) is 5. The van der Waals surface area contributed by atoms with Crippen molar-refractivity contribution in [1.82, 2.24) is 19.8 Å². The minimum Gasteiger partial charge on any atom is -0.508 e. The Labute approximate surface area is 129 Å². The summed E-state index contributed by atoms with van der Waals surface area (Å²) in [6.45, 7) is 3.76. The molecule has 1 amide bonds. The smallest absolute Gasteiger partial charge is 0.209 e. The Bertz CT molecular complexity index is 640. The fraction of sp³-hybridized carbons (Fsp3) is 0.312. The van der Waals surface area contributed by atoms with Crippen LogP contribution in [0.2, 0.25) is 0 Å². The lowest BCUT2D eigenvalue weighted by Gasteiger charge is -2.32. The van der Waals surface area contributed by atoms with Crippen LogP contribution in [-0.4, -0.2) is 57.5 Å². The Balaban J connectivity index is 1.75. The molecular formula is C16H18N4O2. The predicted octanol–water partition coefficient (Wildman–Crippen LogP) is 1.12. The van der Waals surface area contributed by atoms with Crippen molar-refractivity contribution in [3.8, 4) is 16.9 Å². The molecule has 1 saturated heterocycles. The second-order valence-corrected chi connectivity index (χ2v) is 5.39. The van der Waals surface area contributed by atoms with Gasteiger partial charge in [-0.05, 0) is 17.7 Å². The van der Waals surface area contributed by atoms with E-state index >= 15 is 0 Å². The molecule has 0 unspecified atom stereocenters. The van der Waals surface area contributed by atoms with E-state index in [9.17, 15) is 9.90 Å². The number of piperazine rings is 1. The van der Waals surface area contributed by atoms with Gasteiger partial charge in [0.05, 0.1) is 0 Å². The van der Waals surface area contributed by atoms with Gasteiger partial charge in [-0.1, -0.05) is 6.07 Å². The third kappa shape index (κ3) is 3.23. The van der Waals surface area contributed by atoms with E-state index in [4.69, 9.17) is 0 Å². The lowest BCUT2D eigenvalue weighted by molar-refractivity contribution is -0.119. The van der Waals surface area contributed by atoms with Gasteiger partial charge >= 0.3 is 0 Å². The summed E-state index contributed by atoms with van der Waals surface area (Å²) in [6, 6.07) is 5.54. The van der Waals surface area contributed by atoms with Crippen LogP contribution < -0.4 is 0 Å². The standard InChI is InChI=1S/C16H18N4O2/c21-12-20-5-3-19(4-6-20)10-14-7-13(1-2-16(14)22)15-8-17-11-18-9-15/h1-2,7-9,11-12,22H,3-6,10H2. The van der Waals surface area contributed by atoms with Crippen molar-refractivity contribution in [2.24, 2.45) is 0 Å². The zero-order valence-electron chi connectivity index (χ0n) is 12.2. The number of phenolic OH excluding ortho intramolecular Hbond substituents is 1. The highest BCUT2D eigenvalue weighted by atomic mass is 16.3. The molecule has 0 aliphatic carbocycles. The van der Waals surface area contributed by atoms with Crippen molar-refractivity contribution < 1.29 is 9.90 Å². The fourth-order valence-corrected chi connectivity index (χ4v) is 2.61. The number of benzene rings is 1. The molecule has 2 aromatic rings. The summed E-state index contributed by atoms with van der Waals surface area (Å²) in [5.41, 5.74) is 2.79. The van der Waals surface area contributed by atoms with E-state index in [-0.39, 0.29) is 0 Å². The van der Waals surface area contributed by atoms with Crippen molar-refractivity contribution in [3.63, 3.8) is 0 Å². The SMILES string of the molecule is O=CN1CCN(Cc2cc(-c3cncnc3)ccc2O)CC1. The highest BCUT2D eigenvalue weighted by molar-refractivity contribution is 5.63. The second-order valence-electron chi connectivity index (χ2n) is 5.39.